The molecule has 0 aliphatic heterocycles. The molecule has 3 rings (SSSR count). The number of aryl methyl sites for hydroxylation is 1. The lowest BCUT2D eigenvalue weighted by Crippen LogP contribution is -2.31. The maximum absolute atomic E-state index is 11.9. The van der Waals surface area contributed by atoms with E-state index in [1.165, 1.54) is 24.8 Å². The summed E-state index contributed by atoms with van der Waals surface area (Å²) >= 11 is 1.75. The Bertz CT molecular complexity index is 1170. The monoisotopic (exact) mass is 494 g/mol. The van der Waals surface area contributed by atoms with Gasteiger partial charge in [0.2, 0.25) is 0 Å². The molecular weight excluding hydrogens is 456 g/mol. The van der Waals surface area contributed by atoms with Crippen molar-refractivity contribution in [1.82, 2.24) is 0 Å². The van der Waals surface area contributed by atoms with Crippen molar-refractivity contribution in [2.75, 3.05) is 7.11 Å². The lowest BCUT2D eigenvalue weighted by Gasteiger charge is -2.28. The number of unbranched alkanes of at least 4 members (excludes halogenated alkanes) is 2. The van der Waals surface area contributed by atoms with Gasteiger partial charge in [-0.3, -0.25) is 0 Å². The molecular formula is C30H38O4S. The molecule has 0 aliphatic carbocycles. The first-order chi connectivity index (χ1) is 16.6. The maximum Gasteiger partial charge on any atom is 0.333 e. The van der Waals surface area contributed by atoms with E-state index in [2.05, 4.69) is 62.9 Å². The van der Waals surface area contributed by atoms with Crippen LogP contribution in [0.5, 0.6) is 5.75 Å². The van der Waals surface area contributed by atoms with Gasteiger partial charge in [0.1, 0.15) is 22.7 Å². The SMILES string of the molecule is C=C(C)C(=O)OC(C)(C)CC(C)Sc1ccc2cc(-c3ccc(CCCCC)cc3OC)oc2c1. The van der Waals surface area contributed by atoms with Crippen molar-refractivity contribution in [3.63, 3.8) is 0 Å². The Labute approximate surface area is 214 Å². The first-order valence-corrected chi connectivity index (χ1v) is 13.3. The molecule has 35 heavy (non-hydrogen) atoms. The second kappa shape index (κ2) is 11.9. The zero-order valence-electron chi connectivity index (χ0n) is 21.9. The number of hydrogen-bond acceptors (Lipinski definition) is 5. The number of methoxy groups -OCH3 is 1. The fourth-order valence-corrected chi connectivity index (χ4v) is 5.51. The van der Waals surface area contributed by atoms with Gasteiger partial charge >= 0.3 is 5.97 Å². The van der Waals surface area contributed by atoms with Crippen LogP contribution in [0.25, 0.3) is 22.3 Å². The number of furan rings is 1. The third-order valence-electron chi connectivity index (χ3n) is 5.93. The molecule has 0 fully saturated rings. The molecule has 0 saturated carbocycles. The Hall–Kier alpha value is -2.66. The van der Waals surface area contributed by atoms with E-state index in [0.717, 1.165) is 45.8 Å². The number of ether oxygens (including phenoxy) is 2. The van der Waals surface area contributed by atoms with Crippen LogP contribution in [0.15, 0.2) is 63.9 Å². The predicted molar refractivity (Wildman–Crippen MR) is 146 cm³/mol. The van der Waals surface area contributed by atoms with Crippen LogP contribution in [0, 0.1) is 0 Å². The molecule has 0 spiro atoms. The maximum atomic E-state index is 11.9. The second-order valence-electron chi connectivity index (χ2n) is 9.86. The van der Waals surface area contributed by atoms with Crippen molar-refractivity contribution in [2.45, 2.75) is 82.5 Å². The van der Waals surface area contributed by atoms with Crippen molar-refractivity contribution in [3.05, 3.63) is 60.2 Å². The summed E-state index contributed by atoms with van der Waals surface area (Å²) in [7, 11) is 1.71. The van der Waals surface area contributed by atoms with Crippen LogP contribution < -0.4 is 4.74 Å². The fourth-order valence-electron chi connectivity index (χ4n) is 4.24. The zero-order chi connectivity index (χ0) is 25.6. The van der Waals surface area contributed by atoms with Gasteiger partial charge < -0.3 is 13.9 Å². The van der Waals surface area contributed by atoms with Crippen LogP contribution in [-0.4, -0.2) is 23.9 Å². The number of rotatable bonds is 12. The number of fused-ring (bicyclic) bond motifs is 1. The van der Waals surface area contributed by atoms with Crippen molar-refractivity contribution in [1.29, 1.82) is 0 Å². The van der Waals surface area contributed by atoms with E-state index in [4.69, 9.17) is 13.9 Å². The highest BCUT2D eigenvalue weighted by Crippen LogP contribution is 2.37. The smallest absolute Gasteiger partial charge is 0.333 e. The van der Waals surface area contributed by atoms with Crippen molar-refractivity contribution >= 4 is 28.7 Å². The van der Waals surface area contributed by atoms with Gasteiger partial charge in [-0.25, -0.2) is 4.79 Å². The number of benzene rings is 2. The predicted octanol–water partition coefficient (Wildman–Crippen LogP) is 8.61. The van der Waals surface area contributed by atoms with Gasteiger partial charge in [0.15, 0.2) is 0 Å². The summed E-state index contributed by atoms with van der Waals surface area (Å²) in [6.45, 7) is 13.6. The van der Waals surface area contributed by atoms with E-state index in [0.29, 0.717) is 5.57 Å². The number of hydrogen-bond donors (Lipinski definition) is 0. The topological polar surface area (TPSA) is 48.7 Å². The van der Waals surface area contributed by atoms with Crippen LogP contribution in [-0.2, 0) is 16.0 Å². The Morgan fingerprint density at radius 2 is 1.91 bits per heavy atom. The molecule has 0 N–H and O–H groups in total. The van der Waals surface area contributed by atoms with Crippen LogP contribution in [0.1, 0.15) is 65.9 Å². The minimum absolute atomic E-state index is 0.246. The number of carbonyl (C=O) groups excluding carboxylic acids is 1. The van der Waals surface area contributed by atoms with Crippen LogP contribution in [0.2, 0.25) is 0 Å². The van der Waals surface area contributed by atoms with Gasteiger partial charge in [0, 0.05) is 21.1 Å². The summed E-state index contributed by atoms with van der Waals surface area (Å²) in [6, 6.07) is 14.8. The molecule has 0 radical (unpaired) electrons. The summed E-state index contributed by atoms with van der Waals surface area (Å²) in [4.78, 5) is 13.1. The van der Waals surface area contributed by atoms with Gasteiger partial charge in [0.25, 0.3) is 0 Å². The molecule has 2 aromatic carbocycles. The van der Waals surface area contributed by atoms with Crippen molar-refractivity contribution < 1.29 is 18.7 Å². The lowest BCUT2D eigenvalue weighted by molar-refractivity contribution is -0.151. The largest absolute Gasteiger partial charge is 0.496 e. The summed E-state index contributed by atoms with van der Waals surface area (Å²) in [5, 5.41) is 1.30. The third-order valence-corrected chi connectivity index (χ3v) is 7.02. The average molecular weight is 495 g/mol. The highest BCUT2D eigenvalue weighted by Gasteiger charge is 2.26. The Morgan fingerprint density at radius 1 is 1.14 bits per heavy atom. The Kier molecular flexibility index (Phi) is 9.12. The van der Waals surface area contributed by atoms with Gasteiger partial charge in [-0.2, -0.15) is 0 Å². The Balaban J connectivity index is 1.74. The van der Waals surface area contributed by atoms with Gasteiger partial charge in [-0.15, -0.1) is 11.8 Å². The molecule has 0 aliphatic rings. The molecule has 1 heterocycles. The first-order valence-electron chi connectivity index (χ1n) is 12.4. The second-order valence-corrected chi connectivity index (χ2v) is 11.4. The number of thioether (sulfide) groups is 1. The molecule has 3 aromatic rings. The zero-order valence-corrected chi connectivity index (χ0v) is 22.7. The van der Waals surface area contributed by atoms with E-state index in [9.17, 15) is 4.79 Å². The van der Waals surface area contributed by atoms with E-state index in [1.54, 1.807) is 25.8 Å². The summed E-state index contributed by atoms with van der Waals surface area (Å²) in [6.07, 6.45) is 5.43. The minimum atomic E-state index is -0.566. The lowest BCUT2D eigenvalue weighted by atomic mass is 10.0. The first kappa shape index (κ1) is 26.9. The van der Waals surface area contributed by atoms with E-state index >= 15 is 0 Å². The number of esters is 1. The summed E-state index contributed by atoms with van der Waals surface area (Å²) < 4.78 is 17.6. The molecule has 1 unspecified atom stereocenters. The molecule has 4 nitrogen and oxygen atoms in total. The van der Waals surface area contributed by atoms with Crippen LogP contribution in [0.4, 0.5) is 0 Å². The van der Waals surface area contributed by atoms with E-state index in [1.807, 2.05) is 13.8 Å². The quantitative estimate of drug-likeness (QED) is 0.109. The van der Waals surface area contributed by atoms with Gasteiger partial charge in [-0.1, -0.05) is 39.3 Å². The van der Waals surface area contributed by atoms with Gasteiger partial charge in [-0.05, 0) is 82.0 Å². The normalized spacial score (nSPS) is 12.5. The molecule has 1 atom stereocenters. The standard InChI is InChI=1S/C30H38O4S/c1-8-9-10-11-22-12-15-25(27(16-22)32-7)28-17-23-13-14-24(18-26(23)33-28)35-21(4)19-30(5,6)34-29(31)20(2)3/h12-18,21H,2,8-11,19H2,1,3-7H3. The van der Waals surface area contributed by atoms with E-state index in [-0.39, 0.29) is 11.2 Å². The molecule has 5 heteroatoms. The molecule has 0 bridgehead atoms. The third kappa shape index (κ3) is 7.41. The highest BCUT2D eigenvalue weighted by atomic mass is 32.2. The Morgan fingerprint density at radius 3 is 2.60 bits per heavy atom. The van der Waals surface area contributed by atoms with Crippen molar-refractivity contribution in [2.24, 2.45) is 0 Å². The summed E-state index contributed by atoms with van der Waals surface area (Å²) in [5.74, 6) is 1.30. The van der Waals surface area contributed by atoms with Crippen LogP contribution >= 0.6 is 11.8 Å². The molecule has 188 valence electrons. The van der Waals surface area contributed by atoms with Crippen LogP contribution in [0.3, 0.4) is 0 Å². The molecule has 0 amide bonds. The van der Waals surface area contributed by atoms with Crippen molar-refractivity contribution in [3.8, 4) is 17.1 Å². The average Bonchev–Trinajstić information content (AvgIpc) is 3.21. The minimum Gasteiger partial charge on any atom is -0.496 e. The number of carbonyl (C=O) groups is 1. The fraction of sp³-hybridized carbons (Fsp3) is 0.433. The highest BCUT2D eigenvalue weighted by molar-refractivity contribution is 8.00. The molecule has 1 aromatic heterocycles. The van der Waals surface area contributed by atoms with E-state index < -0.39 is 5.60 Å². The summed E-state index contributed by atoms with van der Waals surface area (Å²) in [5.41, 5.74) is 2.95. The van der Waals surface area contributed by atoms with Gasteiger partial charge in [0.05, 0.1) is 12.7 Å². The molecule has 0 saturated heterocycles.